The summed E-state index contributed by atoms with van der Waals surface area (Å²) in [7, 11) is 1.60. The molecule has 0 spiro atoms. The standard InChI is InChI=1S/C14H10ClIN2O2/c1-20-9-3-5-13(11(15)7-9)18-14(16)10-6-8(19)2-4-12(10)17-18/h2-7,19H,1H3. The number of nitrogens with zero attached hydrogens (tertiary/aromatic N) is 2. The van der Waals surface area contributed by atoms with Gasteiger partial charge in [0.25, 0.3) is 0 Å². The predicted octanol–water partition coefficient (Wildman–Crippen LogP) is 4.00. The van der Waals surface area contributed by atoms with E-state index in [-0.39, 0.29) is 5.75 Å². The van der Waals surface area contributed by atoms with Gasteiger partial charge >= 0.3 is 0 Å². The molecule has 0 unspecified atom stereocenters. The summed E-state index contributed by atoms with van der Waals surface area (Å²) in [5.74, 6) is 0.916. The van der Waals surface area contributed by atoms with Gasteiger partial charge in [-0.2, -0.15) is 5.10 Å². The van der Waals surface area contributed by atoms with Crippen LogP contribution < -0.4 is 4.74 Å². The monoisotopic (exact) mass is 400 g/mol. The fourth-order valence-electron chi connectivity index (χ4n) is 1.99. The molecule has 3 rings (SSSR count). The van der Waals surface area contributed by atoms with E-state index < -0.39 is 0 Å². The Kier molecular flexibility index (Phi) is 3.47. The molecule has 3 aromatic rings. The number of methoxy groups -OCH3 is 1. The maximum Gasteiger partial charge on any atom is 0.120 e. The zero-order chi connectivity index (χ0) is 14.3. The molecule has 0 saturated carbocycles. The van der Waals surface area contributed by atoms with E-state index in [0.717, 1.165) is 20.3 Å². The number of benzene rings is 2. The van der Waals surface area contributed by atoms with Gasteiger partial charge in [-0.15, -0.1) is 0 Å². The SMILES string of the molecule is COc1ccc(-n2nc3ccc(O)cc3c2I)c(Cl)c1. The lowest BCUT2D eigenvalue weighted by Gasteiger charge is -2.07. The van der Waals surface area contributed by atoms with Gasteiger partial charge in [-0.05, 0) is 52.9 Å². The fourth-order valence-corrected chi connectivity index (χ4v) is 3.04. The number of hydrogen-bond donors (Lipinski definition) is 1. The topological polar surface area (TPSA) is 47.3 Å². The van der Waals surface area contributed by atoms with Crippen molar-refractivity contribution in [1.29, 1.82) is 0 Å². The third kappa shape index (κ3) is 2.20. The Hall–Kier alpha value is -1.47. The number of aromatic nitrogens is 2. The summed E-state index contributed by atoms with van der Waals surface area (Å²) in [5, 5.41) is 15.5. The van der Waals surface area contributed by atoms with E-state index >= 15 is 0 Å². The van der Waals surface area contributed by atoms with Gasteiger partial charge in [0.05, 0.1) is 23.3 Å². The number of phenols is 1. The Bertz CT molecular complexity index is 801. The first-order chi connectivity index (χ1) is 9.60. The number of aromatic hydroxyl groups is 1. The summed E-state index contributed by atoms with van der Waals surface area (Å²) >= 11 is 8.47. The predicted molar refractivity (Wildman–Crippen MR) is 87.0 cm³/mol. The highest BCUT2D eigenvalue weighted by molar-refractivity contribution is 14.1. The van der Waals surface area contributed by atoms with Gasteiger partial charge in [-0.25, -0.2) is 4.68 Å². The molecule has 2 aromatic carbocycles. The molecule has 6 heteroatoms. The molecule has 20 heavy (non-hydrogen) atoms. The number of rotatable bonds is 2. The van der Waals surface area contributed by atoms with E-state index in [0.29, 0.717) is 10.8 Å². The van der Waals surface area contributed by atoms with Crippen molar-refractivity contribution in [2.75, 3.05) is 7.11 Å². The largest absolute Gasteiger partial charge is 0.508 e. The van der Waals surface area contributed by atoms with Crippen LogP contribution in [0.2, 0.25) is 5.02 Å². The first-order valence-corrected chi connectivity index (χ1v) is 7.27. The summed E-state index contributed by atoms with van der Waals surface area (Å²) in [6.45, 7) is 0. The second kappa shape index (κ2) is 5.14. The molecular weight excluding hydrogens is 391 g/mol. The van der Waals surface area contributed by atoms with Crippen LogP contribution in [0.3, 0.4) is 0 Å². The molecule has 1 heterocycles. The zero-order valence-corrected chi connectivity index (χ0v) is 13.4. The van der Waals surface area contributed by atoms with Crippen molar-refractivity contribution in [3.8, 4) is 17.2 Å². The van der Waals surface area contributed by atoms with Crippen molar-refractivity contribution in [3.05, 3.63) is 45.1 Å². The molecular formula is C14H10ClIN2O2. The lowest BCUT2D eigenvalue weighted by atomic mass is 10.2. The van der Waals surface area contributed by atoms with E-state index in [4.69, 9.17) is 16.3 Å². The molecule has 0 aliphatic carbocycles. The summed E-state index contributed by atoms with van der Waals surface area (Å²) in [6.07, 6.45) is 0. The number of halogens is 2. The number of hydrogen-bond acceptors (Lipinski definition) is 3. The molecule has 0 amide bonds. The molecule has 0 radical (unpaired) electrons. The van der Waals surface area contributed by atoms with Crippen LogP contribution in [-0.4, -0.2) is 22.0 Å². The summed E-state index contributed by atoms with van der Waals surface area (Å²) in [4.78, 5) is 0. The van der Waals surface area contributed by atoms with Crippen LogP contribution in [-0.2, 0) is 0 Å². The molecule has 0 saturated heterocycles. The van der Waals surface area contributed by atoms with Gasteiger partial charge in [0.1, 0.15) is 15.2 Å². The maximum atomic E-state index is 9.57. The molecule has 0 bridgehead atoms. The first-order valence-electron chi connectivity index (χ1n) is 5.81. The highest BCUT2D eigenvalue weighted by Gasteiger charge is 2.13. The lowest BCUT2D eigenvalue weighted by Crippen LogP contribution is -1.99. The van der Waals surface area contributed by atoms with Crippen LogP contribution in [0.1, 0.15) is 0 Å². The van der Waals surface area contributed by atoms with Gasteiger partial charge in [0, 0.05) is 11.5 Å². The van der Waals surface area contributed by atoms with Crippen molar-refractivity contribution in [2.24, 2.45) is 0 Å². The van der Waals surface area contributed by atoms with Crippen LogP contribution in [0, 0.1) is 3.70 Å². The quantitative estimate of drug-likeness (QED) is 0.662. The van der Waals surface area contributed by atoms with Crippen LogP contribution in [0.15, 0.2) is 36.4 Å². The second-order valence-corrected chi connectivity index (χ2v) is 5.65. The van der Waals surface area contributed by atoms with Gasteiger partial charge in [-0.3, -0.25) is 0 Å². The molecule has 102 valence electrons. The lowest BCUT2D eigenvalue weighted by molar-refractivity contribution is 0.414. The fraction of sp³-hybridized carbons (Fsp3) is 0.0714. The second-order valence-electron chi connectivity index (χ2n) is 4.22. The highest BCUT2D eigenvalue weighted by atomic mass is 127. The Morgan fingerprint density at radius 2 is 2.05 bits per heavy atom. The van der Waals surface area contributed by atoms with Crippen LogP contribution in [0.4, 0.5) is 0 Å². The van der Waals surface area contributed by atoms with Crippen molar-refractivity contribution >= 4 is 45.1 Å². The minimum Gasteiger partial charge on any atom is -0.508 e. The molecule has 4 nitrogen and oxygen atoms in total. The normalized spacial score (nSPS) is 10.9. The summed E-state index contributed by atoms with van der Waals surface area (Å²) in [5.41, 5.74) is 1.58. The zero-order valence-electron chi connectivity index (χ0n) is 10.5. The van der Waals surface area contributed by atoms with Crippen LogP contribution in [0.5, 0.6) is 11.5 Å². The van der Waals surface area contributed by atoms with Crippen molar-refractivity contribution in [1.82, 2.24) is 9.78 Å². The smallest absolute Gasteiger partial charge is 0.120 e. The minimum absolute atomic E-state index is 0.218. The average Bonchev–Trinajstić information content (AvgIpc) is 2.76. The van der Waals surface area contributed by atoms with Crippen molar-refractivity contribution in [3.63, 3.8) is 0 Å². The molecule has 0 atom stereocenters. The van der Waals surface area contributed by atoms with E-state index in [1.807, 2.05) is 12.1 Å². The van der Waals surface area contributed by atoms with Crippen molar-refractivity contribution in [2.45, 2.75) is 0 Å². The third-order valence-corrected chi connectivity index (χ3v) is 4.32. The van der Waals surface area contributed by atoms with Gasteiger partial charge in [0.15, 0.2) is 0 Å². The molecule has 0 aliphatic rings. The first kappa shape index (κ1) is 13.5. The maximum absolute atomic E-state index is 9.57. The van der Waals surface area contributed by atoms with Gasteiger partial charge in [0.2, 0.25) is 0 Å². The van der Waals surface area contributed by atoms with E-state index in [1.165, 1.54) is 0 Å². The highest BCUT2D eigenvalue weighted by Crippen LogP contribution is 2.30. The van der Waals surface area contributed by atoms with Crippen molar-refractivity contribution < 1.29 is 9.84 Å². The molecule has 0 fully saturated rings. The molecule has 0 aliphatic heterocycles. The Balaban J connectivity index is 2.22. The summed E-state index contributed by atoms with van der Waals surface area (Å²) in [6, 6.07) is 10.5. The van der Waals surface area contributed by atoms with E-state index in [2.05, 4.69) is 27.7 Å². The van der Waals surface area contributed by atoms with Crippen LogP contribution >= 0.6 is 34.2 Å². The van der Waals surface area contributed by atoms with E-state index in [1.54, 1.807) is 36.1 Å². The average molecular weight is 401 g/mol. The molecule has 1 aromatic heterocycles. The Morgan fingerprint density at radius 3 is 2.75 bits per heavy atom. The Labute approximate surface area is 134 Å². The number of phenolic OH excluding ortho intramolecular Hbond substituents is 1. The third-order valence-electron chi connectivity index (χ3n) is 2.98. The van der Waals surface area contributed by atoms with Gasteiger partial charge in [-0.1, -0.05) is 11.6 Å². The summed E-state index contributed by atoms with van der Waals surface area (Å²) < 4.78 is 7.79. The van der Waals surface area contributed by atoms with E-state index in [9.17, 15) is 5.11 Å². The Morgan fingerprint density at radius 1 is 1.25 bits per heavy atom. The van der Waals surface area contributed by atoms with Gasteiger partial charge < -0.3 is 9.84 Å². The van der Waals surface area contributed by atoms with Crippen LogP contribution in [0.25, 0.3) is 16.6 Å². The number of fused-ring (bicyclic) bond motifs is 1. The minimum atomic E-state index is 0.218. The number of ether oxygens (including phenoxy) is 1. The molecule has 1 N–H and O–H groups in total.